The van der Waals surface area contributed by atoms with Crippen LogP contribution in [0.4, 0.5) is 5.69 Å². The molecule has 2 aromatic rings. The maximum absolute atomic E-state index is 12.6. The second kappa shape index (κ2) is 6.65. The van der Waals surface area contributed by atoms with Gasteiger partial charge in [-0.3, -0.25) is 4.79 Å². The Kier molecular flexibility index (Phi) is 4.32. The average Bonchev–Trinajstić information content (AvgIpc) is 2.88. The second-order valence-corrected chi connectivity index (χ2v) is 7.12. The van der Waals surface area contributed by atoms with Gasteiger partial charge in [-0.25, -0.2) is 4.79 Å². The molecule has 1 fully saturated rings. The van der Waals surface area contributed by atoms with E-state index in [2.05, 4.69) is 0 Å². The fraction of sp³-hybridized carbons (Fsp3) is 0.300. The summed E-state index contributed by atoms with van der Waals surface area (Å²) < 4.78 is 6.04. The minimum atomic E-state index is -1.02. The molecule has 0 saturated heterocycles. The molecular weight excluding hydrogens is 354 g/mol. The van der Waals surface area contributed by atoms with Crippen LogP contribution in [0.1, 0.15) is 40.7 Å². The highest BCUT2D eigenvalue weighted by Gasteiger charge is 2.31. The van der Waals surface area contributed by atoms with Crippen LogP contribution in [0.15, 0.2) is 36.4 Å². The van der Waals surface area contributed by atoms with Crippen molar-refractivity contribution in [1.82, 2.24) is 0 Å². The molecule has 0 aromatic heterocycles. The monoisotopic (exact) mass is 371 g/mol. The lowest BCUT2D eigenvalue weighted by Gasteiger charge is -2.28. The summed E-state index contributed by atoms with van der Waals surface area (Å²) in [6.45, 7) is 0.303. The summed E-state index contributed by atoms with van der Waals surface area (Å²) in [6.07, 6.45) is 3.56. The fourth-order valence-electron chi connectivity index (χ4n) is 3.39. The van der Waals surface area contributed by atoms with E-state index in [4.69, 9.17) is 16.3 Å². The number of carbonyl (C=O) groups is 2. The summed E-state index contributed by atoms with van der Waals surface area (Å²) in [4.78, 5) is 25.6. The van der Waals surface area contributed by atoms with E-state index in [1.807, 2.05) is 12.1 Å². The van der Waals surface area contributed by atoms with E-state index in [9.17, 15) is 14.7 Å². The standard InChI is InChI=1S/C20H18ClNO4/c21-13-7-8-18(26-14-3-1-4-14)12(9-13)11-22-17-6-2-5-15(20(24)25)16(17)10-19(22)23/h2,5-9,14H,1,3-4,10-11H2,(H,24,25). The molecular formula is C20H18ClNO4. The Morgan fingerprint density at radius 1 is 1.27 bits per heavy atom. The molecule has 26 heavy (non-hydrogen) atoms. The molecule has 1 aliphatic heterocycles. The molecule has 1 N–H and O–H groups in total. The van der Waals surface area contributed by atoms with Crippen LogP contribution in [0.25, 0.3) is 0 Å². The van der Waals surface area contributed by atoms with Crippen LogP contribution in [-0.4, -0.2) is 23.1 Å². The Bertz CT molecular complexity index is 891. The number of rotatable bonds is 5. The molecule has 0 spiro atoms. The molecule has 1 amide bonds. The first kappa shape index (κ1) is 16.9. The predicted molar refractivity (Wildman–Crippen MR) is 98.0 cm³/mol. The summed E-state index contributed by atoms with van der Waals surface area (Å²) >= 11 is 6.15. The van der Waals surface area contributed by atoms with Crippen molar-refractivity contribution in [2.24, 2.45) is 0 Å². The van der Waals surface area contributed by atoms with Gasteiger partial charge in [0.1, 0.15) is 5.75 Å². The summed E-state index contributed by atoms with van der Waals surface area (Å²) in [5, 5.41) is 9.93. The number of amides is 1. The third-order valence-electron chi connectivity index (χ3n) is 5.00. The number of carboxylic acid groups (broad SMARTS) is 1. The largest absolute Gasteiger partial charge is 0.490 e. The Morgan fingerprint density at radius 3 is 2.77 bits per heavy atom. The highest BCUT2D eigenvalue weighted by atomic mass is 35.5. The van der Waals surface area contributed by atoms with Crippen LogP contribution in [0.5, 0.6) is 5.75 Å². The summed E-state index contributed by atoms with van der Waals surface area (Å²) in [6, 6.07) is 10.4. The smallest absolute Gasteiger partial charge is 0.336 e. The molecule has 2 aliphatic rings. The number of fused-ring (bicyclic) bond motifs is 1. The molecule has 6 heteroatoms. The number of carboxylic acids is 1. The number of anilines is 1. The van der Waals surface area contributed by atoms with E-state index in [0.29, 0.717) is 22.8 Å². The predicted octanol–water partition coefficient (Wildman–Crippen LogP) is 4.06. The summed E-state index contributed by atoms with van der Waals surface area (Å²) in [7, 11) is 0. The first-order valence-electron chi connectivity index (χ1n) is 8.63. The van der Waals surface area contributed by atoms with Gasteiger partial charge in [0.15, 0.2) is 0 Å². The number of ether oxygens (including phenoxy) is 1. The number of benzene rings is 2. The Labute approximate surface area is 156 Å². The number of halogens is 1. The van der Waals surface area contributed by atoms with Crippen LogP contribution < -0.4 is 9.64 Å². The SMILES string of the molecule is O=C(O)c1cccc2c1CC(=O)N2Cc1cc(Cl)ccc1OC1CCC1. The zero-order valence-corrected chi connectivity index (χ0v) is 14.8. The molecule has 4 rings (SSSR count). The van der Waals surface area contributed by atoms with Gasteiger partial charge < -0.3 is 14.7 Å². The van der Waals surface area contributed by atoms with Gasteiger partial charge in [0, 0.05) is 16.3 Å². The van der Waals surface area contributed by atoms with Crippen LogP contribution in [0.2, 0.25) is 5.02 Å². The molecule has 5 nitrogen and oxygen atoms in total. The van der Waals surface area contributed by atoms with E-state index in [1.165, 1.54) is 12.5 Å². The van der Waals surface area contributed by atoms with Crippen molar-refractivity contribution in [3.8, 4) is 5.75 Å². The van der Waals surface area contributed by atoms with Crippen LogP contribution >= 0.6 is 11.6 Å². The number of nitrogens with zero attached hydrogens (tertiary/aromatic N) is 1. The maximum Gasteiger partial charge on any atom is 0.336 e. The lowest BCUT2D eigenvalue weighted by atomic mass is 9.96. The highest BCUT2D eigenvalue weighted by molar-refractivity contribution is 6.30. The van der Waals surface area contributed by atoms with E-state index >= 15 is 0 Å². The van der Waals surface area contributed by atoms with E-state index < -0.39 is 5.97 Å². The lowest BCUT2D eigenvalue weighted by Crippen LogP contribution is -2.28. The summed E-state index contributed by atoms with van der Waals surface area (Å²) in [5.41, 5.74) is 2.21. The van der Waals surface area contributed by atoms with Gasteiger partial charge in [-0.2, -0.15) is 0 Å². The second-order valence-electron chi connectivity index (χ2n) is 6.69. The average molecular weight is 372 g/mol. The van der Waals surface area contributed by atoms with Gasteiger partial charge >= 0.3 is 5.97 Å². The van der Waals surface area contributed by atoms with E-state index in [-0.39, 0.29) is 24.0 Å². The van der Waals surface area contributed by atoms with Crippen molar-refractivity contribution in [1.29, 1.82) is 0 Å². The number of aromatic carboxylic acids is 1. The van der Waals surface area contributed by atoms with Crippen molar-refractivity contribution in [2.45, 2.75) is 38.3 Å². The molecule has 0 radical (unpaired) electrons. The van der Waals surface area contributed by atoms with E-state index in [0.717, 1.165) is 24.2 Å². The number of carbonyl (C=O) groups excluding carboxylic acids is 1. The molecule has 0 bridgehead atoms. The highest BCUT2D eigenvalue weighted by Crippen LogP contribution is 2.36. The Morgan fingerprint density at radius 2 is 2.08 bits per heavy atom. The van der Waals surface area contributed by atoms with Crippen molar-refractivity contribution in [2.75, 3.05) is 4.90 Å². The minimum Gasteiger partial charge on any atom is -0.490 e. The van der Waals surface area contributed by atoms with Gasteiger partial charge in [0.2, 0.25) is 5.91 Å². The Balaban J connectivity index is 1.66. The molecule has 134 valence electrons. The van der Waals surface area contributed by atoms with Gasteiger partial charge in [-0.15, -0.1) is 0 Å². The fourth-order valence-corrected chi connectivity index (χ4v) is 3.59. The van der Waals surface area contributed by atoms with E-state index in [1.54, 1.807) is 23.1 Å². The van der Waals surface area contributed by atoms with Crippen LogP contribution in [0.3, 0.4) is 0 Å². The van der Waals surface area contributed by atoms with Gasteiger partial charge in [-0.05, 0) is 55.2 Å². The van der Waals surface area contributed by atoms with Crippen LogP contribution in [-0.2, 0) is 17.8 Å². The molecule has 1 saturated carbocycles. The molecule has 2 aromatic carbocycles. The van der Waals surface area contributed by atoms with Crippen molar-refractivity contribution in [3.63, 3.8) is 0 Å². The topological polar surface area (TPSA) is 66.8 Å². The Hall–Kier alpha value is -2.53. The van der Waals surface area contributed by atoms with Crippen LogP contribution in [0, 0.1) is 0 Å². The van der Waals surface area contributed by atoms with Crippen molar-refractivity contribution in [3.05, 3.63) is 58.1 Å². The first-order chi connectivity index (χ1) is 12.5. The van der Waals surface area contributed by atoms with Crippen molar-refractivity contribution >= 4 is 29.2 Å². The lowest BCUT2D eigenvalue weighted by molar-refractivity contribution is -0.117. The zero-order valence-electron chi connectivity index (χ0n) is 14.1. The minimum absolute atomic E-state index is 0.0944. The molecule has 1 heterocycles. The van der Waals surface area contributed by atoms with Gasteiger partial charge in [0.05, 0.1) is 24.6 Å². The van der Waals surface area contributed by atoms with Crippen molar-refractivity contribution < 1.29 is 19.4 Å². The summed E-state index contributed by atoms with van der Waals surface area (Å²) in [5.74, 6) is -0.411. The zero-order chi connectivity index (χ0) is 18.3. The van der Waals surface area contributed by atoms with Gasteiger partial charge in [0.25, 0.3) is 0 Å². The molecule has 1 aliphatic carbocycles. The number of hydrogen-bond acceptors (Lipinski definition) is 3. The third-order valence-corrected chi connectivity index (χ3v) is 5.23. The maximum atomic E-state index is 12.6. The number of hydrogen-bond donors (Lipinski definition) is 1. The first-order valence-corrected chi connectivity index (χ1v) is 9.01. The third kappa shape index (κ3) is 3.03. The normalized spacial score (nSPS) is 16.3. The quantitative estimate of drug-likeness (QED) is 0.860. The molecule has 0 atom stereocenters. The van der Waals surface area contributed by atoms with Gasteiger partial charge in [-0.1, -0.05) is 17.7 Å². The molecule has 0 unspecified atom stereocenters.